The van der Waals surface area contributed by atoms with Crippen molar-refractivity contribution in [1.29, 1.82) is 0 Å². The minimum Gasteiger partial charge on any atom is -0.478 e. The SMILES string of the molecule is Cc1nc(C(=O)Nc2cccc(Cl)c2Cl)ccc1C(=O)O. The van der Waals surface area contributed by atoms with Crippen LogP contribution in [0.15, 0.2) is 30.3 Å². The lowest BCUT2D eigenvalue weighted by Gasteiger charge is -2.08. The number of nitrogens with one attached hydrogen (secondary N) is 1. The Morgan fingerprint density at radius 3 is 2.52 bits per heavy atom. The Morgan fingerprint density at radius 2 is 1.90 bits per heavy atom. The summed E-state index contributed by atoms with van der Waals surface area (Å²) < 4.78 is 0. The predicted molar refractivity (Wildman–Crippen MR) is 80.3 cm³/mol. The zero-order chi connectivity index (χ0) is 15.6. The van der Waals surface area contributed by atoms with Gasteiger partial charge in [0.05, 0.1) is 27.0 Å². The number of hydrogen-bond acceptors (Lipinski definition) is 3. The molecule has 1 aromatic heterocycles. The monoisotopic (exact) mass is 324 g/mol. The number of hydrogen-bond donors (Lipinski definition) is 2. The third-order valence-electron chi connectivity index (χ3n) is 2.75. The number of carboxylic acid groups (broad SMARTS) is 1. The van der Waals surface area contributed by atoms with Gasteiger partial charge in [-0.05, 0) is 31.2 Å². The van der Waals surface area contributed by atoms with Gasteiger partial charge in [0.25, 0.3) is 5.91 Å². The van der Waals surface area contributed by atoms with Crippen molar-refractivity contribution in [3.8, 4) is 0 Å². The number of anilines is 1. The van der Waals surface area contributed by atoms with Crippen molar-refractivity contribution in [2.45, 2.75) is 6.92 Å². The molecule has 0 unspecified atom stereocenters. The van der Waals surface area contributed by atoms with Crippen LogP contribution >= 0.6 is 23.2 Å². The summed E-state index contributed by atoms with van der Waals surface area (Å²) in [5.41, 5.74) is 0.754. The van der Waals surface area contributed by atoms with Gasteiger partial charge in [-0.15, -0.1) is 0 Å². The van der Waals surface area contributed by atoms with Crippen molar-refractivity contribution >= 4 is 40.8 Å². The molecule has 0 fully saturated rings. The number of rotatable bonds is 3. The lowest BCUT2D eigenvalue weighted by molar-refractivity contribution is 0.0695. The molecule has 1 heterocycles. The number of aromatic carboxylic acids is 1. The summed E-state index contributed by atoms with van der Waals surface area (Å²) in [4.78, 5) is 27.0. The topological polar surface area (TPSA) is 79.3 Å². The summed E-state index contributed by atoms with van der Waals surface area (Å²) in [5.74, 6) is -1.59. The number of aromatic nitrogens is 1. The van der Waals surface area contributed by atoms with E-state index in [2.05, 4.69) is 10.3 Å². The molecule has 0 aliphatic heterocycles. The van der Waals surface area contributed by atoms with Crippen molar-refractivity contribution in [2.75, 3.05) is 5.32 Å². The standard InChI is InChI=1S/C14H10Cl2N2O3/c1-7-8(14(20)21)5-6-11(17-7)13(19)18-10-4-2-3-9(15)12(10)16/h2-6H,1H3,(H,18,19)(H,20,21). The molecular weight excluding hydrogens is 315 g/mol. The lowest BCUT2D eigenvalue weighted by atomic mass is 10.2. The van der Waals surface area contributed by atoms with Crippen molar-refractivity contribution < 1.29 is 14.7 Å². The van der Waals surface area contributed by atoms with Gasteiger partial charge in [-0.2, -0.15) is 0 Å². The van der Waals surface area contributed by atoms with Crippen LogP contribution in [0.3, 0.4) is 0 Å². The molecule has 2 aromatic rings. The first kappa shape index (κ1) is 15.3. The molecule has 21 heavy (non-hydrogen) atoms. The molecule has 1 amide bonds. The normalized spacial score (nSPS) is 10.2. The fraction of sp³-hybridized carbons (Fsp3) is 0.0714. The van der Waals surface area contributed by atoms with Crippen LogP contribution in [0.2, 0.25) is 10.0 Å². The molecule has 0 saturated heterocycles. The molecule has 2 N–H and O–H groups in total. The molecule has 5 nitrogen and oxygen atoms in total. The Kier molecular flexibility index (Phi) is 4.45. The van der Waals surface area contributed by atoms with Gasteiger partial charge < -0.3 is 10.4 Å². The molecule has 0 bridgehead atoms. The molecule has 108 valence electrons. The highest BCUT2D eigenvalue weighted by atomic mass is 35.5. The Labute approximate surface area is 130 Å². The molecule has 0 atom stereocenters. The number of halogens is 2. The summed E-state index contributed by atoms with van der Waals surface area (Å²) in [6.45, 7) is 1.52. The number of carbonyl (C=O) groups is 2. The Morgan fingerprint density at radius 1 is 1.19 bits per heavy atom. The van der Waals surface area contributed by atoms with Crippen LogP contribution in [0.4, 0.5) is 5.69 Å². The van der Waals surface area contributed by atoms with E-state index in [1.807, 2.05) is 0 Å². The summed E-state index contributed by atoms with van der Waals surface area (Å²) in [6.07, 6.45) is 0. The number of carbonyl (C=O) groups excluding carboxylic acids is 1. The maximum absolute atomic E-state index is 12.1. The van der Waals surface area contributed by atoms with Crippen LogP contribution in [0.5, 0.6) is 0 Å². The Balaban J connectivity index is 2.27. The molecular formula is C14H10Cl2N2O3. The average Bonchev–Trinajstić information content (AvgIpc) is 2.43. The van der Waals surface area contributed by atoms with Crippen LogP contribution in [0.25, 0.3) is 0 Å². The van der Waals surface area contributed by atoms with Gasteiger partial charge in [0.2, 0.25) is 0 Å². The minimum absolute atomic E-state index is 0.0485. The van der Waals surface area contributed by atoms with Crippen LogP contribution in [-0.2, 0) is 0 Å². The fourth-order valence-electron chi connectivity index (χ4n) is 1.70. The maximum Gasteiger partial charge on any atom is 0.337 e. The van der Waals surface area contributed by atoms with Gasteiger partial charge in [0, 0.05) is 0 Å². The van der Waals surface area contributed by atoms with Crippen molar-refractivity contribution in [3.63, 3.8) is 0 Å². The zero-order valence-corrected chi connectivity index (χ0v) is 12.4. The van der Waals surface area contributed by atoms with E-state index >= 15 is 0 Å². The molecule has 0 saturated carbocycles. The van der Waals surface area contributed by atoms with Crippen LogP contribution in [0.1, 0.15) is 26.5 Å². The molecule has 1 aromatic carbocycles. The first-order valence-corrected chi connectivity index (χ1v) is 6.62. The number of amides is 1. The first-order chi connectivity index (χ1) is 9.90. The van der Waals surface area contributed by atoms with Gasteiger partial charge >= 0.3 is 5.97 Å². The summed E-state index contributed by atoms with van der Waals surface area (Å²) in [6, 6.07) is 7.52. The third-order valence-corrected chi connectivity index (χ3v) is 3.57. The molecule has 7 heteroatoms. The number of aryl methyl sites for hydroxylation is 1. The fourth-order valence-corrected chi connectivity index (χ4v) is 2.05. The van der Waals surface area contributed by atoms with Crippen LogP contribution in [-0.4, -0.2) is 22.0 Å². The quantitative estimate of drug-likeness (QED) is 0.903. The van der Waals surface area contributed by atoms with E-state index in [-0.39, 0.29) is 22.0 Å². The van der Waals surface area contributed by atoms with Gasteiger partial charge in [0.15, 0.2) is 0 Å². The Bertz CT molecular complexity index is 732. The smallest absolute Gasteiger partial charge is 0.337 e. The highest BCUT2D eigenvalue weighted by Gasteiger charge is 2.14. The van der Waals surface area contributed by atoms with Crippen molar-refractivity contribution in [1.82, 2.24) is 4.98 Å². The second-order valence-corrected chi connectivity index (χ2v) is 4.98. The molecule has 0 spiro atoms. The number of carboxylic acids is 1. The highest BCUT2D eigenvalue weighted by Crippen LogP contribution is 2.29. The Hall–Kier alpha value is -2.11. The second-order valence-electron chi connectivity index (χ2n) is 4.19. The molecule has 0 aliphatic carbocycles. The number of benzene rings is 1. The van der Waals surface area contributed by atoms with E-state index in [4.69, 9.17) is 28.3 Å². The predicted octanol–water partition coefficient (Wildman–Crippen LogP) is 3.65. The molecule has 2 rings (SSSR count). The summed E-state index contributed by atoms with van der Waals surface area (Å²) >= 11 is 11.8. The average molecular weight is 325 g/mol. The van der Waals surface area contributed by atoms with Crippen molar-refractivity contribution in [3.05, 3.63) is 57.3 Å². The van der Waals surface area contributed by atoms with Gasteiger partial charge in [-0.3, -0.25) is 4.79 Å². The highest BCUT2D eigenvalue weighted by molar-refractivity contribution is 6.44. The maximum atomic E-state index is 12.1. The largest absolute Gasteiger partial charge is 0.478 e. The van der Waals surface area contributed by atoms with E-state index < -0.39 is 11.9 Å². The van der Waals surface area contributed by atoms with E-state index in [9.17, 15) is 9.59 Å². The van der Waals surface area contributed by atoms with Crippen LogP contribution in [0, 0.1) is 6.92 Å². The van der Waals surface area contributed by atoms with E-state index in [0.717, 1.165) is 0 Å². The van der Waals surface area contributed by atoms with Crippen molar-refractivity contribution in [2.24, 2.45) is 0 Å². The van der Waals surface area contributed by atoms with E-state index in [1.165, 1.54) is 19.1 Å². The molecule has 0 aliphatic rings. The lowest BCUT2D eigenvalue weighted by Crippen LogP contribution is -2.15. The minimum atomic E-state index is -1.09. The van der Waals surface area contributed by atoms with E-state index in [0.29, 0.717) is 10.7 Å². The third kappa shape index (κ3) is 3.32. The van der Waals surface area contributed by atoms with Gasteiger partial charge in [-0.25, -0.2) is 9.78 Å². The van der Waals surface area contributed by atoms with Gasteiger partial charge in [-0.1, -0.05) is 29.3 Å². The summed E-state index contributed by atoms with van der Waals surface area (Å²) in [5, 5.41) is 12.1. The van der Waals surface area contributed by atoms with Gasteiger partial charge in [0.1, 0.15) is 5.69 Å². The summed E-state index contributed by atoms with van der Waals surface area (Å²) in [7, 11) is 0. The van der Waals surface area contributed by atoms with E-state index in [1.54, 1.807) is 18.2 Å². The molecule has 0 radical (unpaired) electrons. The van der Waals surface area contributed by atoms with Crippen LogP contribution < -0.4 is 5.32 Å². The zero-order valence-electron chi connectivity index (χ0n) is 10.9. The second kappa shape index (κ2) is 6.11. The number of nitrogens with zero attached hydrogens (tertiary/aromatic N) is 1. The first-order valence-electron chi connectivity index (χ1n) is 5.86. The number of pyridine rings is 1.